The van der Waals surface area contributed by atoms with E-state index in [9.17, 15) is 4.79 Å². The molecule has 1 N–H and O–H groups in total. The summed E-state index contributed by atoms with van der Waals surface area (Å²) in [6.45, 7) is 7.85. The van der Waals surface area contributed by atoms with Crippen molar-refractivity contribution in [2.45, 2.75) is 31.8 Å². The molecular formula is C14H22N4OS. The predicted octanol–water partition coefficient (Wildman–Crippen LogP) is 1.72. The third kappa shape index (κ3) is 4.45. The highest BCUT2D eigenvalue weighted by atomic mass is 32.2. The van der Waals surface area contributed by atoms with E-state index in [2.05, 4.69) is 20.2 Å². The second-order valence-electron chi connectivity index (χ2n) is 4.91. The number of nitrogens with one attached hydrogen (secondary N) is 1. The molecule has 0 spiro atoms. The maximum atomic E-state index is 12.1. The number of aromatic nitrogens is 2. The van der Waals surface area contributed by atoms with Crippen LogP contribution >= 0.6 is 11.8 Å². The van der Waals surface area contributed by atoms with Gasteiger partial charge in [-0.2, -0.15) is 0 Å². The highest BCUT2D eigenvalue weighted by Gasteiger charge is 2.13. The van der Waals surface area contributed by atoms with E-state index in [0.29, 0.717) is 17.4 Å². The number of aryl methyl sites for hydroxylation is 1. The van der Waals surface area contributed by atoms with Gasteiger partial charge in [0.15, 0.2) is 5.16 Å². The highest BCUT2D eigenvalue weighted by molar-refractivity contribution is 7.99. The molecule has 2 rings (SSSR count). The normalized spacial score (nSPS) is 15.5. The van der Waals surface area contributed by atoms with Crippen LogP contribution in [0.3, 0.4) is 0 Å². The Morgan fingerprint density at radius 1 is 1.40 bits per heavy atom. The summed E-state index contributed by atoms with van der Waals surface area (Å²) < 4.78 is 0. The highest BCUT2D eigenvalue weighted by Crippen LogP contribution is 2.13. The maximum Gasteiger partial charge on any atom is 0.270 e. The summed E-state index contributed by atoms with van der Waals surface area (Å²) in [5.41, 5.74) is 1.30. The van der Waals surface area contributed by atoms with Crippen molar-refractivity contribution in [1.82, 2.24) is 20.2 Å². The van der Waals surface area contributed by atoms with E-state index in [0.717, 1.165) is 31.1 Å². The van der Waals surface area contributed by atoms with Crippen LogP contribution in [0.15, 0.2) is 11.2 Å². The zero-order valence-corrected chi connectivity index (χ0v) is 13.0. The Hall–Kier alpha value is -1.14. The molecule has 5 nitrogen and oxygen atoms in total. The molecule has 20 heavy (non-hydrogen) atoms. The number of rotatable bonds is 6. The van der Waals surface area contributed by atoms with Crippen molar-refractivity contribution in [3.63, 3.8) is 0 Å². The van der Waals surface area contributed by atoms with Crippen molar-refractivity contribution in [3.8, 4) is 0 Å². The first-order chi connectivity index (χ1) is 9.69. The van der Waals surface area contributed by atoms with E-state index in [1.807, 2.05) is 13.8 Å². The minimum Gasteiger partial charge on any atom is -0.349 e. The number of amides is 1. The lowest BCUT2D eigenvalue weighted by molar-refractivity contribution is 0.0943. The maximum absolute atomic E-state index is 12.1. The van der Waals surface area contributed by atoms with Crippen molar-refractivity contribution >= 4 is 17.7 Å². The SMILES string of the molecule is CCSc1nc(C)cc(C(=O)NCCN2CCCC2)n1. The smallest absolute Gasteiger partial charge is 0.270 e. The molecule has 0 unspecified atom stereocenters. The fraction of sp³-hybridized carbons (Fsp3) is 0.643. The summed E-state index contributed by atoms with van der Waals surface area (Å²) in [7, 11) is 0. The Morgan fingerprint density at radius 2 is 2.15 bits per heavy atom. The number of thioether (sulfide) groups is 1. The fourth-order valence-electron chi connectivity index (χ4n) is 2.28. The van der Waals surface area contributed by atoms with Gasteiger partial charge in [0, 0.05) is 18.8 Å². The lowest BCUT2D eigenvalue weighted by atomic mass is 10.3. The number of likely N-dealkylation sites (tertiary alicyclic amines) is 1. The minimum atomic E-state index is -0.104. The van der Waals surface area contributed by atoms with Gasteiger partial charge in [-0.05, 0) is 44.7 Å². The molecule has 1 aromatic heterocycles. The van der Waals surface area contributed by atoms with Gasteiger partial charge >= 0.3 is 0 Å². The van der Waals surface area contributed by atoms with Gasteiger partial charge in [0.25, 0.3) is 5.91 Å². The van der Waals surface area contributed by atoms with Gasteiger partial charge in [0.1, 0.15) is 5.69 Å². The first-order valence-corrected chi connectivity index (χ1v) is 8.16. The Bertz CT molecular complexity index is 460. The van der Waals surface area contributed by atoms with Gasteiger partial charge in [0.2, 0.25) is 0 Å². The molecule has 1 fully saturated rings. The molecule has 6 heteroatoms. The Kier molecular flexibility index (Phi) is 5.79. The summed E-state index contributed by atoms with van der Waals surface area (Å²) in [5.74, 6) is 0.798. The molecule has 0 radical (unpaired) electrons. The van der Waals surface area contributed by atoms with E-state index < -0.39 is 0 Å². The quantitative estimate of drug-likeness (QED) is 0.639. The van der Waals surface area contributed by atoms with E-state index in [-0.39, 0.29) is 5.91 Å². The Morgan fingerprint density at radius 3 is 2.85 bits per heavy atom. The summed E-state index contributed by atoms with van der Waals surface area (Å²) >= 11 is 1.55. The number of carbonyl (C=O) groups excluding carboxylic acids is 1. The van der Waals surface area contributed by atoms with Gasteiger partial charge in [-0.15, -0.1) is 0 Å². The minimum absolute atomic E-state index is 0.104. The van der Waals surface area contributed by atoms with Crippen LogP contribution in [0.5, 0.6) is 0 Å². The molecule has 0 bridgehead atoms. The molecule has 1 saturated heterocycles. The Balaban J connectivity index is 1.87. The molecule has 110 valence electrons. The first kappa shape index (κ1) is 15.3. The van der Waals surface area contributed by atoms with Crippen molar-refractivity contribution < 1.29 is 4.79 Å². The molecular weight excluding hydrogens is 272 g/mol. The van der Waals surface area contributed by atoms with Gasteiger partial charge < -0.3 is 10.2 Å². The molecule has 2 heterocycles. The van der Waals surface area contributed by atoms with Crippen LogP contribution in [0.1, 0.15) is 35.9 Å². The average Bonchev–Trinajstić information content (AvgIpc) is 2.91. The van der Waals surface area contributed by atoms with Gasteiger partial charge in [-0.25, -0.2) is 9.97 Å². The molecule has 0 aromatic carbocycles. The van der Waals surface area contributed by atoms with Crippen molar-refractivity contribution in [2.75, 3.05) is 31.9 Å². The largest absolute Gasteiger partial charge is 0.349 e. The molecule has 0 saturated carbocycles. The van der Waals surface area contributed by atoms with Crippen LogP contribution in [-0.2, 0) is 0 Å². The molecule has 0 atom stereocenters. The van der Waals surface area contributed by atoms with Crippen molar-refractivity contribution in [3.05, 3.63) is 17.5 Å². The number of nitrogens with zero attached hydrogens (tertiary/aromatic N) is 3. The van der Waals surface area contributed by atoms with Crippen molar-refractivity contribution in [1.29, 1.82) is 0 Å². The second kappa shape index (κ2) is 7.59. The second-order valence-corrected chi connectivity index (χ2v) is 6.15. The number of carbonyl (C=O) groups is 1. The molecule has 1 aliphatic rings. The Labute approximate surface area is 124 Å². The third-order valence-corrected chi connectivity index (χ3v) is 3.98. The molecule has 1 amide bonds. The van der Waals surface area contributed by atoms with Crippen molar-refractivity contribution in [2.24, 2.45) is 0 Å². The lowest BCUT2D eigenvalue weighted by Gasteiger charge is -2.14. The van der Waals surface area contributed by atoms with Gasteiger partial charge in [0.05, 0.1) is 0 Å². The molecule has 0 aliphatic carbocycles. The molecule has 1 aliphatic heterocycles. The summed E-state index contributed by atoms with van der Waals surface area (Å²) in [5, 5.41) is 3.62. The fourth-order valence-corrected chi connectivity index (χ4v) is 2.91. The first-order valence-electron chi connectivity index (χ1n) is 7.18. The molecule has 1 aromatic rings. The van der Waals surface area contributed by atoms with E-state index in [1.165, 1.54) is 12.8 Å². The predicted molar refractivity (Wildman–Crippen MR) is 81.2 cm³/mol. The standard InChI is InChI=1S/C14H22N4OS/c1-3-20-14-16-11(2)10-12(17-14)13(19)15-6-9-18-7-4-5-8-18/h10H,3-9H2,1-2H3,(H,15,19). The average molecular weight is 294 g/mol. The summed E-state index contributed by atoms with van der Waals surface area (Å²) in [6.07, 6.45) is 2.55. The summed E-state index contributed by atoms with van der Waals surface area (Å²) in [6, 6.07) is 1.74. The number of hydrogen-bond donors (Lipinski definition) is 1. The van der Waals surface area contributed by atoms with Crippen LogP contribution in [0.2, 0.25) is 0 Å². The monoisotopic (exact) mass is 294 g/mol. The number of hydrogen-bond acceptors (Lipinski definition) is 5. The zero-order valence-electron chi connectivity index (χ0n) is 12.2. The van der Waals surface area contributed by atoms with Crippen LogP contribution in [-0.4, -0.2) is 52.7 Å². The van der Waals surface area contributed by atoms with Gasteiger partial charge in [-0.3, -0.25) is 4.79 Å². The summed E-state index contributed by atoms with van der Waals surface area (Å²) in [4.78, 5) is 23.1. The van der Waals surface area contributed by atoms with E-state index >= 15 is 0 Å². The van der Waals surface area contributed by atoms with E-state index in [4.69, 9.17) is 0 Å². The van der Waals surface area contributed by atoms with Crippen LogP contribution < -0.4 is 5.32 Å². The third-order valence-electron chi connectivity index (χ3n) is 3.25. The van der Waals surface area contributed by atoms with Gasteiger partial charge in [-0.1, -0.05) is 18.7 Å². The van der Waals surface area contributed by atoms with E-state index in [1.54, 1.807) is 17.8 Å². The van der Waals surface area contributed by atoms with Crippen LogP contribution in [0.4, 0.5) is 0 Å². The van der Waals surface area contributed by atoms with Crippen LogP contribution in [0, 0.1) is 6.92 Å². The topological polar surface area (TPSA) is 58.1 Å². The zero-order chi connectivity index (χ0) is 14.4. The lowest BCUT2D eigenvalue weighted by Crippen LogP contribution is -2.34. The van der Waals surface area contributed by atoms with Crippen LogP contribution in [0.25, 0.3) is 0 Å².